The standard InChI is InChI=1S/C20H12ClN3O6/c21-12-2-4-13(5-3-12)24-18(26)14-6-1-11(9-15(14)19(24)27)20(28)29-10-17(25)22-16-7-8-30-23-16/h1-9H,10H2,(H,22,23,25). The average Bonchev–Trinajstić information content (AvgIpc) is 3.33. The minimum atomic E-state index is -0.821. The van der Waals surface area contributed by atoms with Crippen LogP contribution in [0, 0.1) is 0 Å². The number of amides is 3. The fourth-order valence-corrected chi connectivity index (χ4v) is 2.99. The summed E-state index contributed by atoms with van der Waals surface area (Å²) < 4.78 is 9.53. The maximum atomic E-state index is 12.8. The molecule has 1 aromatic heterocycles. The molecule has 0 bridgehead atoms. The summed E-state index contributed by atoms with van der Waals surface area (Å²) in [6.07, 6.45) is 1.28. The second kappa shape index (κ2) is 7.80. The number of anilines is 2. The van der Waals surface area contributed by atoms with Crippen molar-refractivity contribution in [2.75, 3.05) is 16.8 Å². The van der Waals surface area contributed by atoms with Crippen LogP contribution >= 0.6 is 11.6 Å². The zero-order chi connectivity index (χ0) is 21.3. The number of carbonyl (C=O) groups is 4. The van der Waals surface area contributed by atoms with E-state index in [2.05, 4.69) is 15.0 Å². The number of nitrogens with zero attached hydrogens (tertiary/aromatic N) is 2. The third kappa shape index (κ3) is 3.65. The van der Waals surface area contributed by atoms with Crippen LogP contribution in [0.25, 0.3) is 0 Å². The van der Waals surface area contributed by atoms with Crippen LogP contribution in [-0.4, -0.2) is 35.5 Å². The highest BCUT2D eigenvalue weighted by Gasteiger charge is 2.37. The van der Waals surface area contributed by atoms with Gasteiger partial charge in [0.1, 0.15) is 6.26 Å². The normalized spacial score (nSPS) is 12.6. The van der Waals surface area contributed by atoms with E-state index in [0.717, 1.165) is 4.90 Å². The van der Waals surface area contributed by atoms with E-state index < -0.39 is 30.3 Å². The highest BCUT2D eigenvalue weighted by atomic mass is 35.5. The van der Waals surface area contributed by atoms with Gasteiger partial charge in [0.05, 0.1) is 22.4 Å². The number of imide groups is 1. The van der Waals surface area contributed by atoms with Crippen molar-refractivity contribution in [3.8, 4) is 0 Å². The Hall–Kier alpha value is -3.98. The fourth-order valence-electron chi connectivity index (χ4n) is 2.86. The predicted octanol–water partition coefficient (Wildman–Crippen LogP) is 2.92. The molecule has 30 heavy (non-hydrogen) atoms. The molecule has 1 N–H and O–H groups in total. The topological polar surface area (TPSA) is 119 Å². The minimum Gasteiger partial charge on any atom is -0.452 e. The number of hydrogen-bond donors (Lipinski definition) is 1. The molecule has 10 heteroatoms. The summed E-state index contributed by atoms with van der Waals surface area (Å²) >= 11 is 5.85. The summed E-state index contributed by atoms with van der Waals surface area (Å²) in [5.41, 5.74) is 0.619. The van der Waals surface area contributed by atoms with Gasteiger partial charge in [0, 0.05) is 11.1 Å². The molecule has 1 aliphatic rings. The molecule has 0 atom stereocenters. The number of aromatic nitrogens is 1. The molecule has 0 fully saturated rings. The van der Waals surface area contributed by atoms with Gasteiger partial charge in [0.2, 0.25) is 0 Å². The van der Waals surface area contributed by atoms with Gasteiger partial charge < -0.3 is 14.6 Å². The maximum absolute atomic E-state index is 12.8. The number of halogens is 1. The summed E-state index contributed by atoms with van der Waals surface area (Å²) in [5, 5.41) is 6.35. The third-order valence-electron chi connectivity index (χ3n) is 4.25. The Labute approximate surface area is 174 Å². The molecule has 2 heterocycles. The van der Waals surface area contributed by atoms with Crippen molar-refractivity contribution in [1.29, 1.82) is 0 Å². The van der Waals surface area contributed by atoms with E-state index in [-0.39, 0.29) is 22.5 Å². The van der Waals surface area contributed by atoms with E-state index in [4.69, 9.17) is 16.3 Å². The summed E-state index contributed by atoms with van der Waals surface area (Å²) in [4.78, 5) is 50.4. The number of carbonyl (C=O) groups excluding carboxylic acids is 4. The van der Waals surface area contributed by atoms with E-state index in [1.165, 1.54) is 30.5 Å². The first-order valence-electron chi connectivity index (χ1n) is 8.60. The van der Waals surface area contributed by atoms with Gasteiger partial charge in [0.25, 0.3) is 17.7 Å². The molecule has 4 rings (SSSR count). The Balaban J connectivity index is 1.47. The number of esters is 1. The fraction of sp³-hybridized carbons (Fsp3) is 0.0500. The van der Waals surface area contributed by atoms with E-state index in [9.17, 15) is 19.2 Å². The predicted molar refractivity (Wildman–Crippen MR) is 104 cm³/mol. The largest absolute Gasteiger partial charge is 0.452 e. The molecule has 3 amide bonds. The Morgan fingerprint density at radius 1 is 1.03 bits per heavy atom. The molecule has 3 aromatic rings. The molecular weight excluding hydrogens is 414 g/mol. The monoisotopic (exact) mass is 425 g/mol. The van der Waals surface area contributed by atoms with E-state index in [1.54, 1.807) is 24.3 Å². The molecule has 1 aliphatic heterocycles. The SMILES string of the molecule is O=C(COC(=O)c1ccc2c(c1)C(=O)N(c1ccc(Cl)cc1)C2=O)Nc1ccon1. The van der Waals surface area contributed by atoms with Crippen molar-refractivity contribution in [3.63, 3.8) is 0 Å². The maximum Gasteiger partial charge on any atom is 0.338 e. The first-order valence-corrected chi connectivity index (χ1v) is 8.97. The van der Waals surface area contributed by atoms with Crippen LogP contribution in [0.15, 0.2) is 59.3 Å². The molecule has 150 valence electrons. The van der Waals surface area contributed by atoms with Gasteiger partial charge in [-0.25, -0.2) is 9.69 Å². The van der Waals surface area contributed by atoms with Crippen LogP contribution < -0.4 is 10.2 Å². The van der Waals surface area contributed by atoms with Crippen molar-refractivity contribution in [2.24, 2.45) is 0 Å². The van der Waals surface area contributed by atoms with Gasteiger partial charge >= 0.3 is 5.97 Å². The number of nitrogens with one attached hydrogen (secondary N) is 1. The number of fused-ring (bicyclic) bond motifs is 1. The lowest BCUT2D eigenvalue weighted by Gasteiger charge is -2.13. The van der Waals surface area contributed by atoms with Crippen LogP contribution in [0.1, 0.15) is 31.1 Å². The summed E-state index contributed by atoms with van der Waals surface area (Å²) in [6, 6.07) is 11.6. The Morgan fingerprint density at radius 3 is 2.47 bits per heavy atom. The second-order valence-electron chi connectivity index (χ2n) is 6.19. The van der Waals surface area contributed by atoms with E-state index in [1.807, 2.05) is 0 Å². The first-order chi connectivity index (χ1) is 14.4. The number of hydrogen-bond acceptors (Lipinski definition) is 7. The first kappa shape index (κ1) is 19.3. The van der Waals surface area contributed by atoms with Crippen LogP contribution in [0.3, 0.4) is 0 Å². The molecule has 0 saturated heterocycles. The van der Waals surface area contributed by atoms with Crippen molar-refractivity contribution in [1.82, 2.24) is 5.16 Å². The van der Waals surface area contributed by atoms with E-state index in [0.29, 0.717) is 10.7 Å². The Kier molecular flexibility index (Phi) is 5.03. The zero-order valence-electron chi connectivity index (χ0n) is 15.1. The molecule has 2 aromatic carbocycles. The van der Waals surface area contributed by atoms with Crippen molar-refractivity contribution in [3.05, 3.63) is 76.5 Å². The molecule has 0 saturated carbocycles. The molecular formula is C20H12ClN3O6. The van der Waals surface area contributed by atoms with Crippen molar-refractivity contribution >= 4 is 46.8 Å². The zero-order valence-corrected chi connectivity index (χ0v) is 15.9. The highest BCUT2D eigenvalue weighted by Crippen LogP contribution is 2.30. The van der Waals surface area contributed by atoms with E-state index >= 15 is 0 Å². The smallest absolute Gasteiger partial charge is 0.338 e. The van der Waals surface area contributed by atoms with Crippen LogP contribution in [0.2, 0.25) is 5.02 Å². The van der Waals surface area contributed by atoms with Gasteiger partial charge in [-0.1, -0.05) is 16.8 Å². The van der Waals surface area contributed by atoms with Gasteiger partial charge in [-0.2, -0.15) is 0 Å². The third-order valence-corrected chi connectivity index (χ3v) is 4.50. The van der Waals surface area contributed by atoms with Gasteiger partial charge in [-0.05, 0) is 42.5 Å². The molecule has 9 nitrogen and oxygen atoms in total. The Bertz CT molecular complexity index is 1160. The number of benzene rings is 2. The van der Waals surface area contributed by atoms with Gasteiger partial charge in [-0.3, -0.25) is 14.4 Å². The van der Waals surface area contributed by atoms with Crippen LogP contribution in [0.4, 0.5) is 11.5 Å². The minimum absolute atomic E-state index is 0.0297. The number of ether oxygens (including phenoxy) is 1. The quantitative estimate of drug-likeness (QED) is 0.493. The number of rotatable bonds is 5. The highest BCUT2D eigenvalue weighted by molar-refractivity contribution is 6.35. The molecule has 0 radical (unpaired) electrons. The Morgan fingerprint density at radius 2 is 1.77 bits per heavy atom. The summed E-state index contributed by atoms with van der Waals surface area (Å²) in [5.74, 6) is -2.34. The lowest BCUT2D eigenvalue weighted by atomic mass is 10.1. The molecule has 0 unspecified atom stereocenters. The van der Waals surface area contributed by atoms with Crippen LogP contribution in [-0.2, 0) is 9.53 Å². The van der Waals surface area contributed by atoms with Crippen molar-refractivity contribution in [2.45, 2.75) is 0 Å². The average molecular weight is 426 g/mol. The van der Waals surface area contributed by atoms with Gasteiger partial charge in [-0.15, -0.1) is 0 Å². The second-order valence-corrected chi connectivity index (χ2v) is 6.63. The summed E-state index contributed by atoms with van der Waals surface area (Å²) in [6.45, 7) is -0.563. The van der Waals surface area contributed by atoms with Crippen LogP contribution in [0.5, 0.6) is 0 Å². The molecule has 0 spiro atoms. The lowest BCUT2D eigenvalue weighted by molar-refractivity contribution is -0.119. The molecule has 0 aliphatic carbocycles. The van der Waals surface area contributed by atoms with Crippen molar-refractivity contribution < 1.29 is 28.4 Å². The van der Waals surface area contributed by atoms with Gasteiger partial charge in [0.15, 0.2) is 12.4 Å². The lowest BCUT2D eigenvalue weighted by Crippen LogP contribution is -2.29. The summed E-state index contributed by atoms with van der Waals surface area (Å²) in [7, 11) is 0.